The van der Waals surface area contributed by atoms with Gasteiger partial charge in [-0.25, -0.2) is 4.98 Å². The molecule has 0 fully saturated rings. The monoisotopic (exact) mass is 308 g/mol. The van der Waals surface area contributed by atoms with Crippen molar-refractivity contribution in [2.45, 2.75) is 26.7 Å². The van der Waals surface area contributed by atoms with Crippen LogP contribution in [0, 0.1) is 6.92 Å². The van der Waals surface area contributed by atoms with Crippen LogP contribution in [0.25, 0.3) is 22.2 Å². The quantitative estimate of drug-likeness (QED) is 0.794. The minimum absolute atomic E-state index is 0.0104. The average Bonchev–Trinajstić information content (AvgIpc) is 2.53. The molecule has 0 radical (unpaired) electrons. The zero-order valence-corrected chi connectivity index (χ0v) is 13.8. The average molecular weight is 308 g/mol. The maximum atomic E-state index is 12.4. The first kappa shape index (κ1) is 15.3. The minimum atomic E-state index is -0.0104. The van der Waals surface area contributed by atoms with Crippen LogP contribution in [-0.4, -0.2) is 17.1 Å². The molecule has 23 heavy (non-hydrogen) atoms. The molecule has 118 valence electrons. The lowest BCUT2D eigenvalue weighted by Crippen LogP contribution is -2.06. The van der Waals surface area contributed by atoms with Gasteiger partial charge in [-0.1, -0.05) is 26.0 Å². The molecule has 1 N–H and O–H groups in total. The van der Waals surface area contributed by atoms with E-state index >= 15 is 0 Å². The number of fused-ring (bicyclic) bond motifs is 1. The van der Waals surface area contributed by atoms with E-state index in [0.29, 0.717) is 17.2 Å². The van der Waals surface area contributed by atoms with Gasteiger partial charge in [0, 0.05) is 22.7 Å². The number of methoxy groups -OCH3 is 1. The van der Waals surface area contributed by atoms with Crippen LogP contribution in [-0.2, 0) is 0 Å². The number of hydrogen-bond donors (Lipinski definition) is 1. The molecule has 0 aliphatic rings. The van der Waals surface area contributed by atoms with E-state index in [1.54, 1.807) is 13.2 Å². The van der Waals surface area contributed by atoms with Gasteiger partial charge in [-0.05, 0) is 36.6 Å². The first-order valence-corrected chi connectivity index (χ1v) is 7.69. The first-order chi connectivity index (χ1) is 11.0. The van der Waals surface area contributed by atoms with Crippen LogP contribution < -0.4 is 10.2 Å². The SMILES string of the molecule is COc1nc(C(C)C)cc(C)c1-c1cc(=O)c2ccccc2[nH]1. The van der Waals surface area contributed by atoms with E-state index in [1.807, 2.05) is 31.2 Å². The summed E-state index contributed by atoms with van der Waals surface area (Å²) in [4.78, 5) is 20.3. The number of aromatic nitrogens is 2. The Hall–Kier alpha value is -2.62. The summed E-state index contributed by atoms with van der Waals surface area (Å²) >= 11 is 0. The highest BCUT2D eigenvalue weighted by molar-refractivity contribution is 5.82. The van der Waals surface area contributed by atoms with Gasteiger partial charge in [-0.15, -0.1) is 0 Å². The van der Waals surface area contributed by atoms with Crippen molar-refractivity contribution in [1.82, 2.24) is 9.97 Å². The van der Waals surface area contributed by atoms with Gasteiger partial charge in [0.2, 0.25) is 5.88 Å². The zero-order valence-electron chi connectivity index (χ0n) is 13.8. The van der Waals surface area contributed by atoms with Crippen LogP contribution in [0.1, 0.15) is 31.0 Å². The standard InChI is InChI=1S/C19H20N2O2/c1-11(2)15-9-12(3)18(19(21-15)23-4)16-10-17(22)13-7-5-6-8-14(13)20-16/h5-11H,1-4H3,(H,20,22). The number of aryl methyl sites for hydroxylation is 1. The van der Waals surface area contributed by atoms with Crippen molar-refractivity contribution in [3.8, 4) is 17.1 Å². The molecule has 2 heterocycles. The van der Waals surface area contributed by atoms with Crippen LogP contribution in [0.4, 0.5) is 0 Å². The summed E-state index contributed by atoms with van der Waals surface area (Å²) < 4.78 is 5.49. The van der Waals surface area contributed by atoms with E-state index in [1.165, 1.54) is 0 Å². The third-order valence-electron chi connectivity index (χ3n) is 3.99. The smallest absolute Gasteiger partial charge is 0.223 e. The zero-order chi connectivity index (χ0) is 16.6. The Morgan fingerprint density at radius 1 is 1.17 bits per heavy atom. The second-order valence-electron chi connectivity index (χ2n) is 6.00. The lowest BCUT2D eigenvalue weighted by molar-refractivity contribution is 0.397. The van der Waals surface area contributed by atoms with Gasteiger partial charge in [-0.2, -0.15) is 0 Å². The number of hydrogen-bond acceptors (Lipinski definition) is 3. The molecule has 0 atom stereocenters. The maximum absolute atomic E-state index is 12.4. The van der Waals surface area contributed by atoms with Gasteiger partial charge >= 0.3 is 0 Å². The molecular formula is C19H20N2O2. The van der Waals surface area contributed by atoms with Crippen molar-refractivity contribution in [3.63, 3.8) is 0 Å². The number of para-hydroxylation sites is 1. The minimum Gasteiger partial charge on any atom is -0.480 e. The third kappa shape index (κ3) is 2.72. The summed E-state index contributed by atoms with van der Waals surface area (Å²) in [6.07, 6.45) is 0. The van der Waals surface area contributed by atoms with E-state index < -0.39 is 0 Å². The van der Waals surface area contributed by atoms with Crippen LogP contribution in [0.5, 0.6) is 5.88 Å². The number of rotatable bonds is 3. The molecule has 0 saturated carbocycles. The van der Waals surface area contributed by atoms with E-state index in [9.17, 15) is 4.79 Å². The molecule has 4 heteroatoms. The second kappa shape index (κ2) is 5.88. The number of ether oxygens (including phenoxy) is 1. The molecule has 0 saturated heterocycles. The van der Waals surface area contributed by atoms with Gasteiger partial charge < -0.3 is 9.72 Å². The summed E-state index contributed by atoms with van der Waals surface area (Å²) in [6.45, 7) is 6.20. The number of pyridine rings is 2. The maximum Gasteiger partial charge on any atom is 0.223 e. The molecule has 0 aliphatic carbocycles. The van der Waals surface area contributed by atoms with Crippen molar-refractivity contribution >= 4 is 10.9 Å². The highest BCUT2D eigenvalue weighted by atomic mass is 16.5. The van der Waals surface area contributed by atoms with Crippen molar-refractivity contribution < 1.29 is 4.74 Å². The first-order valence-electron chi connectivity index (χ1n) is 7.69. The predicted octanol–water partition coefficient (Wildman–Crippen LogP) is 4.03. The van der Waals surface area contributed by atoms with Crippen molar-refractivity contribution in [2.24, 2.45) is 0 Å². The number of benzene rings is 1. The Balaban J connectivity index is 2.28. The van der Waals surface area contributed by atoms with Crippen LogP contribution in [0.2, 0.25) is 0 Å². The van der Waals surface area contributed by atoms with Gasteiger partial charge in [0.25, 0.3) is 0 Å². The third-order valence-corrected chi connectivity index (χ3v) is 3.99. The fourth-order valence-corrected chi connectivity index (χ4v) is 2.77. The fraction of sp³-hybridized carbons (Fsp3) is 0.263. The Morgan fingerprint density at radius 3 is 2.61 bits per heavy atom. The van der Waals surface area contributed by atoms with Crippen molar-refractivity contribution in [2.75, 3.05) is 7.11 Å². The van der Waals surface area contributed by atoms with Gasteiger partial charge in [0.05, 0.1) is 18.4 Å². The summed E-state index contributed by atoms with van der Waals surface area (Å²) in [5.74, 6) is 0.854. The molecule has 0 spiro atoms. The number of nitrogens with one attached hydrogen (secondary N) is 1. The summed E-state index contributed by atoms with van der Waals surface area (Å²) in [5.41, 5.74) is 4.37. The number of aromatic amines is 1. The number of H-pyrrole nitrogens is 1. The highest BCUT2D eigenvalue weighted by Gasteiger charge is 2.16. The molecule has 0 bridgehead atoms. The second-order valence-corrected chi connectivity index (χ2v) is 6.00. The Bertz CT molecular complexity index is 926. The van der Waals surface area contributed by atoms with Crippen LogP contribution >= 0.6 is 0 Å². The summed E-state index contributed by atoms with van der Waals surface area (Å²) in [5, 5.41) is 0.680. The molecule has 1 aromatic carbocycles. The molecule has 0 amide bonds. The van der Waals surface area contributed by atoms with Crippen molar-refractivity contribution in [3.05, 3.63) is 57.9 Å². The fourth-order valence-electron chi connectivity index (χ4n) is 2.77. The largest absolute Gasteiger partial charge is 0.480 e. The molecule has 0 unspecified atom stereocenters. The molecule has 3 rings (SSSR count). The Labute approximate surface area is 135 Å². The van der Waals surface area contributed by atoms with Crippen LogP contribution in [0.15, 0.2) is 41.2 Å². The summed E-state index contributed by atoms with van der Waals surface area (Å²) in [7, 11) is 1.61. The Kier molecular flexibility index (Phi) is 3.90. The van der Waals surface area contributed by atoms with E-state index in [-0.39, 0.29) is 5.43 Å². The van der Waals surface area contributed by atoms with Crippen LogP contribution in [0.3, 0.4) is 0 Å². The summed E-state index contributed by atoms with van der Waals surface area (Å²) in [6, 6.07) is 11.2. The highest BCUT2D eigenvalue weighted by Crippen LogP contribution is 2.32. The Morgan fingerprint density at radius 2 is 1.91 bits per heavy atom. The molecule has 4 nitrogen and oxygen atoms in total. The normalized spacial score (nSPS) is 11.2. The van der Waals surface area contributed by atoms with Gasteiger partial charge in [0.1, 0.15) is 0 Å². The molecular weight excluding hydrogens is 288 g/mol. The predicted molar refractivity (Wildman–Crippen MR) is 93.2 cm³/mol. The molecule has 0 aliphatic heterocycles. The van der Waals surface area contributed by atoms with Crippen molar-refractivity contribution in [1.29, 1.82) is 0 Å². The van der Waals surface area contributed by atoms with E-state index in [2.05, 4.69) is 29.9 Å². The number of nitrogens with zero attached hydrogens (tertiary/aromatic N) is 1. The van der Waals surface area contributed by atoms with E-state index in [4.69, 9.17) is 4.74 Å². The topological polar surface area (TPSA) is 55.0 Å². The van der Waals surface area contributed by atoms with Gasteiger partial charge in [0.15, 0.2) is 5.43 Å². The molecule has 3 aromatic rings. The lowest BCUT2D eigenvalue weighted by atomic mass is 10.0. The lowest BCUT2D eigenvalue weighted by Gasteiger charge is -2.15. The van der Waals surface area contributed by atoms with E-state index in [0.717, 1.165) is 28.0 Å². The van der Waals surface area contributed by atoms with Gasteiger partial charge in [-0.3, -0.25) is 4.79 Å². The molecule has 2 aromatic heterocycles.